The molecule has 186 valence electrons. The first kappa shape index (κ1) is 25.1. The standard InChI is InChI=1S/C28H32N6O2/c29-15-12-28(32-18-24(26(31)35)25(30)33-27(36)21-10-11-21)13-16-34(17-14-28)19-22-8-4-5-9-23(22)20-6-2-1-3-7-20/h1-9,18,21,32H,10-14,16-17,19H2,(H2,31,35)(H2,30,33,36)/b24-18+. The van der Waals surface area contributed by atoms with Crippen LogP contribution < -0.4 is 16.4 Å². The summed E-state index contributed by atoms with van der Waals surface area (Å²) in [6, 6.07) is 21.0. The first-order valence-electron chi connectivity index (χ1n) is 12.3. The fourth-order valence-electron chi connectivity index (χ4n) is 4.59. The fraction of sp³-hybridized carbons (Fsp3) is 0.357. The van der Waals surface area contributed by atoms with Gasteiger partial charge in [-0.25, -0.2) is 0 Å². The van der Waals surface area contributed by atoms with Crippen LogP contribution in [0, 0.1) is 22.7 Å². The van der Waals surface area contributed by atoms with Crippen LogP contribution in [0.2, 0.25) is 0 Å². The SMILES string of the molecule is N#CCC1(N/C=C(\C(=N)NC(=O)C2CC2)C(N)=O)CCN(Cc2ccccc2-c2ccccc2)CC1. The lowest BCUT2D eigenvalue weighted by molar-refractivity contribution is -0.120. The van der Waals surface area contributed by atoms with E-state index in [4.69, 9.17) is 11.1 Å². The lowest BCUT2D eigenvalue weighted by atomic mass is 9.84. The molecule has 4 rings (SSSR count). The molecule has 2 amide bonds. The number of rotatable bonds is 9. The summed E-state index contributed by atoms with van der Waals surface area (Å²) >= 11 is 0. The van der Waals surface area contributed by atoms with Crippen LogP contribution in [0.15, 0.2) is 66.4 Å². The fourth-order valence-corrected chi connectivity index (χ4v) is 4.59. The Morgan fingerprint density at radius 2 is 1.78 bits per heavy atom. The van der Waals surface area contributed by atoms with Crippen molar-refractivity contribution in [3.8, 4) is 17.2 Å². The van der Waals surface area contributed by atoms with E-state index < -0.39 is 11.4 Å². The Bertz CT molecular complexity index is 1190. The number of nitriles is 1. The monoisotopic (exact) mass is 484 g/mol. The van der Waals surface area contributed by atoms with Crippen LogP contribution in [0.4, 0.5) is 0 Å². The highest BCUT2D eigenvalue weighted by Gasteiger charge is 2.35. The number of nitrogens with two attached hydrogens (primary N) is 1. The summed E-state index contributed by atoms with van der Waals surface area (Å²) in [4.78, 5) is 26.4. The topological polar surface area (TPSA) is 135 Å². The molecule has 1 aliphatic heterocycles. The molecule has 2 aromatic carbocycles. The number of carbonyl (C=O) groups excluding carboxylic acids is 2. The van der Waals surface area contributed by atoms with Crippen LogP contribution in [0.25, 0.3) is 11.1 Å². The van der Waals surface area contributed by atoms with Crippen LogP contribution in [-0.2, 0) is 16.1 Å². The summed E-state index contributed by atoms with van der Waals surface area (Å²) in [5.74, 6) is -1.46. The third-order valence-corrected chi connectivity index (χ3v) is 6.98. The minimum Gasteiger partial charge on any atom is -0.384 e. The quantitative estimate of drug-likeness (QED) is 0.246. The van der Waals surface area contributed by atoms with Crippen molar-refractivity contribution in [2.24, 2.45) is 11.7 Å². The zero-order valence-electron chi connectivity index (χ0n) is 20.3. The van der Waals surface area contributed by atoms with E-state index in [9.17, 15) is 14.9 Å². The first-order chi connectivity index (χ1) is 17.4. The van der Waals surface area contributed by atoms with Gasteiger partial charge < -0.3 is 16.4 Å². The van der Waals surface area contributed by atoms with Gasteiger partial charge in [0, 0.05) is 31.8 Å². The molecule has 0 bridgehead atoms. The molecule has 8 nitrogen and oxygen atoms in total. The average molecular weight is 485 g/mol. The second kappa shape index (κ2) is 11.2. The van der Waals surface area contributed by atoms with Gasteiger partial charge in [0.15, 0.2) is 0 Å². The molecule has 1 heterocycles. The van der Waals surface area contributed by atoms with Crippen molar-refractivity contribution in [3.05, 3.63) is 71.9 Å². The minimum atomic E-state index is -0.800. The second-order valence-corrected chi connectivity index (χ2v) is 9.62. The zero-order valence-corrected chi connectivity index (χ0v) is 20.3. The smallest absolute Gasteiger partial charge is 0.253 e. The molecule has 0 radical (unpaired) electrons. The summed E-state index contributed by atoms with van der Waals surface area (Å²) in [6.45, 7) is 2.34. The Kier molecular flexibility index (Phi) is 7.81. The van der Waals surface area contributed by atoms with E-state index in [0.29, 0.717) is 12.8 Å². The Morgan fingerprint density at radius 3 is 2.42 bits per heavy atom. The van der Waals surface area contributed by atoms with Crippen LogP contribution in [0.3, 0.4) is 0 Å². The average Bonchev–Trinajstić information content (AvgIpc) is 3.72. The summed E-state index contributed by atoms with van der Waals surface area (Å²) in [7, 11) is 0. The molecule has 0 unspecified atom stereocenters. The molecular formula is C28H32N6O2. The predicted octanol–water partition coefficient (Wildman–Crippen LogP) is 3.06. The highest BCUT2D eigenvalue weighted by atomic mass is 16.2. The van der Waals surface area contributed by atoms with E-state index in [2.05, 4.69) is 58.0 Å². The highest BCUT2D eigenvalue weighted by molar-refractivity contribution is 6.22. The summed E-state index contributed by atoms with van der Waals surface area (Å²) in [6.07, 6.45) is 4.63. The Hall–Kier alpha value is -3.96. The zero-order chi connectivity index (χ0) is 25.5. The molecule has 0 aromatic heterocycles. The van der Waals surface area contributed by atoms with Crippen molar-refractivity contribution < 1.29 is 9.59 Å². The predicted molar refractivity (Wildman–Crippen MR) is 138 cm³/mol. The number of hydrogen-bond acceptors (Lipinski definition) is 6. The van der Waals surface area contributed by atoms with Gasteiger partial charge in [0.1, 0.15) is 5.84 Å². The van der Waals surface area contributed by atoms with Gasteiger partial charge in [-0.2, -0.15) is 5.26 Å². The van der Waals surface area contributed by atoms with Gasteiger partial charge in [0.2, 0.25) is 5.91 Å². The van der Waals surface area contributed by atoms with Crippen LogP contribution in [0.5, 0.6) is 0 Å². The summed E-state index contributed by atoms with van der Waals surface area (Å²) in [5, 5.41) is 23.4. The molecule has 5 N–H and O–H groups in total. The van der Waals surface area contributed by atoms with Crippen LogP contribution in [0.1, 0.15) is 37.7 Å². The van der Waals surface area contributed by atoms with Gasteiger partial charge in [-0.05, 0) is 42.4 Å². The molecule has 1 saturated heterocycles. The maximum Gasteiger partial charge on any atom is 0.253 e. The van der Waals surface area contributed by atoms with E-state index >= 15 is 0 Å². The molecule has 36 heavy (non-hydrogen) atoms. The molecule has 8 heteroatoms. The summed E-state index contributed by atoms with van der Waals surface area (Å²) in [5.41, 5.74) is 8.51. The number of carbonyl (C=O) groups is 2. The third-order valence-electron chi connectivity index (χ3n) is 6.98. The number of nitrogens with one attached hydrogen (secondary N) is 3. The summed E-state index contributed by atoms with van der Waals surface area (Å²) < 4.78 is 0. The number of amidine groups is 1. The van der Waals surface area contributed by atoms with Gasteiger partial charge >= 0.3 is 0 Å². The van der Waals surface area contributed by atoms with E-state index in [1.165, 1.54) is 22.9 Å². The van der Waals surface area contributed by atoms with Crippen molar-refractivity contribution in [3.63, 3.8) is 0 Å². The maximum atomic E-state index is 12.0. The molecule has 0 spiro atoms. The van der Waals surface area contributed by atoms with Crippen molar-refractivity contribution in [2.75, 3.05) is 13.1 Å². The van der Waals surface area contributed by atoms with E-state index in [1.54, 1.807) is 0 Å². The third kappa shape index (κ3) is 6.18. The largest absolute Gasteiger partial charge is 0.384 e. The van der Waals surface area contributed by atoms with E-state index in [1.807, 2.05) is 18.2 Å². The second-order valence-electron chi connectivity index (χ2n) is 9.62. The van der Waals surface area contributed by atoms with Gasteiger partial charge in [0.05, 0.1) is 23.6 Å². The molecular weight excluding hydrogens is 452 g/mol. The van der Waals surface area contributed by atoms with Crippen LogP contribution >= 0.6 is 0 Å². The van der Waals surface area contributed by atoms with Gasteiger partial charge in [-0.15, -0.1) is 0 Å². The number of amides is 2. The van der Waals surface area contributed by atoms with E-state index in [-0.39, 0.29) is 29.7 Å². The van der Waals surface area contributed by atoms with E-state index in [0.717, 1.165) is 32.5 Å². The lowest BCUT2D eigenvalue weighted by Gasteiger charge is -2.41. The van der Waals surface area contributed by atoms with Crippen LogP contribution in [-0.4, -0.2) is 41.2 Å². The van der Waals surface area contributed by atoms with Gasteiger partial charge in [-0.3, -0.25) is 19.9 Å². The number of benzene rings is 2. The number of piperidine rings is 1. The van der Waals surface area contributed by atoms with Gasteiger partial charge in [-0.1, -0.05) is 54.6 Å². The molecule has 1 aliphatic carbocycles. The minimum absolute atomic E-state index is 0.0892. The highest BCUT2D eigenvalue weighted by Crippen LogP contribution is 2.30. The Labute approximate surface area is 211 Å². The number of hydrogen-bond donors (Lipinski definition) is 4. The number of likely N-dealkylation sites (tertiary alicyclic amines) is 1. The first-order valence-corrected chi connectivity index (χ1v) is 12.3. The molecule has 1 saturated carbocycles. The van der Waals surface area contributed by atoms with Crippen molar-refractivity contribution >= 4 is 17.6 Å². The molecule has 2 aromatic rings. The van der Waals surface area contributed by atoms with Crippen molar-refractivity contribution in [1.29, 1.82) is 10.7 Å². The van der Waals surface area contributed by atoms with Crippen molar-refractivity contribution in [1.82, 2.24) is 15.5 Å². The maximum absolute atomic E-state index is 12.0. The van der Waals surface area contributed by atoms with Gasteiger partial charge in [0.25, 0.3) is 5.91 Å². The Morgan fingerprint density at radius 1 is 1.11 bits per heavy atom. The number of nitrogens with zero attached hydrogens (tertiary/aromatic N) is 2. The molecule has 2 fully saturated rings. The lowest BCUT2D eigenvalue weighted by Crippen LogP contribution is -2.51. The Balaban J connectivity index is 1.42. The van der Waals surface area contributed by atoms with Crippen molar-refractivity contribution in [2.45, 2.75) is 44.2 Å². The number of primary amides is 1. The molecule has 0 atom stereocenters. The normalized spacial score (nSPS) is 17.6. The molecule has 2 aliphatic rings.